The summed E-state index contributed by atoms with van der Waals surface area (Å²) in [7, 11) is 0. The summed E-state index contributed by atoms with van der Waals surface area (Å²) in [5, 5.41) is 3.70. The van der Waals surface area contributed by atoms with E-state index in [9.17, 15) is 0 Å². The van der Waals surface area contributed by atoms with Crippen molar-refractivity contribution in [1.29, 1.82) is 0 Å². The van der Waals surface area contributed by atoms with Crippen molar-refractivity contribution in [1.82, 2.24) is 5.32 Å². The van der Waals surface area contributed by atoms with E-state index in [1.54, 1.807) is 0 Å². The van der Waals surface area contributed by atoms with Crippen LogP contribution in [-0.2, 0) is 0 Å². The first kappa shape index (κ1) is 14.2. The van der Waals surface area contributed by atoms with Gasteiger partial charge in [0.05, 0.1) is 0 Å². The molecule has 1 aromatic carbocycles. The van der Waals surface area contributed by atoms with Crippen molar-refractivity contribution in [3.8, 4) is 0 Å². The van der Waals surface area contributed by atoms with Crippen molar-refractivity contribution in [2.75, 3.05) is 0 Å². The highest BCUT2D eigenvalue weighted by molar-refractivity contribution is 5.28. The van der Waals surface area contributed by atoms with E-state index in [2.05, 4.69) is 64.2 Å². The van der Waals surface area contributed by atoms with E-state index in [1.165, 1.54) is 24.0 Å². The molecule has 1 rings (SSSR count). The quantitative estimate of drug-likeness (QED) is 0.764. The molecule has 0 aliphatic rings. The SMILES string of the molecule is CCC(C)CC(C)NC(C)c1ccccc1C. The fourth-order valence-corrected chi connectivity index (χ4v) is 2.43. The van der Waals surface area contributed by atoms with E-state index in [0.29, 0.717) is 12.1 Å². The van der Waals surface area contributed by atoms with Gasteiger partial charge < -0.3 is 5.32 Å². The third-order valence-electron chi connectivity index (χ3n) is 3.64. The molecule has 0 fully saturated rings. The molecule has 1 N–H and O–H groups in total. The lowest BCUT2D eigenvalue weighted by atomic mass is 9.98. The first-order chi connectivity index (χ1) is 8.04. The van der Waals surface area contributed by atoms with Crippen LogP contribution in [0, 0.1) is 12.8 Å². The summed E-state index contributed by atoms with van der Waals surface area (Å²) < 4.78 is 0. The minimum absolute atomic E-state index is 0.440. The predicted molar refractivity (Wildman–Crippen MR) is 76.3 cm³/mol. The minimum Gasteiger partial charge on any atom is -0.308 e. The van der Waals surface area contributed by atoms with Crippen molar-refractivity contribution < 1.29 is 0 Å². The molecule has 3 atom stereocenters. The highest BCUT2D eigenvalue weighted by Crippen LogP contribution is 2.19. The van der Waals surface area contributed by atoms with Gasteiger partial charge in [0.25, 0.3) is 0 Å². The molecule has 0 amide bonds. The van der Waals surface area contributed by atoms with Gasteiger partial charge in [0.2, 0.25) is 0 Å². The van der Waals surface area contributed by atoms with Crippen LogP contribution in [0.2, 0.25) is 0 Å². The van der Waals surface area contributed by atoms with Crippen molar-refractivity contribution in [3.05, 3.63) is 35.4 Å². The highest BCUT2D eigenvalue weighted by Gasteiger charge is 2.12. The van der Waals surface area contributed by atoms with E-state index in [-0.39, 0.29) is 0 Å². The third kappa shape index (κ3) is 4.51. The molecule has 0 aromatic heterocycles. The normalized spacial score (nSPS) is 16.5. The molecular formula is C16H27N. The van der Waals surface area contributed by atoms with E-state index in [1.807, 2.05) is 0 Å². The van der Waals surface area contributed by atoms with Crippen LogP contribution in [0.15, 0.2) is 24.3 Å². The Morgan fingerprint density at radius 3 is 2.35 bits per heavy atom. The zero-order valence-electron chi connectivity index (χ0n) is 12.0. The molecule has 1 aromatic rings. The second-order valence-electron chi connectivity index (χ2n) is 5.40. The fraction of sp³-hybridized carbons (Fsp3) is 0.625. The monoisotopic (exact) mass is 233 g/mol. The Hall–Kier alpha value is -0.820. The molecule has 3 unspecified atom stereocenters. The maximum atomic E-state index is 3.70. The predicted octanol–water partition coefficient (Wildman–Crippen LogP) is 4.47. The van der Waals surface area contributed by atoms with Crippen LogP contribution < -0.4 is 5.32 Å². The van der Waals surface area contributed by atoms with Crippen LogP contribution in [0.1, 0.15) is 57.7 Å². The Balaban J connectivity index is 2.54. The van der Waals surface area contributed by atoms with Crippen molar-refractivity contribution in [3.63, 3.8) is 0 Å². The molecule has 0 bridgehead atoms. The summed E-state index contributed by atoms with van der Waals surface area (Å²) in [6.07, 6.45) is 2.53. The van der Waals surface area contributed by atoms with Crippen LogP contribution in [0.4, 0.5) is 0 Å². The third-order valence-corrected chi connectivity index (χ3v) is 3.64. The van der Waals surface area contributed by atoms with Crippen LogP contribution in [0.25, 0.3) is 0 Å². The molecule has 0 saturated heterocycles. The summed E-state index contributed by atoms with van der Waals surface area (Å²) in [6, 6.07) is 9.67. The smallest absolute Gasteiger partial charge is 0.0296 e. The lowest BCUT2D eigenvalue weighted by molar-refractivity contribution is 0.385. The molecule has 96 valence electrons. The minimum atomic E-state index is 0.440. The Morgan fingerprint density at radius 2 is 1.76 bits per heavy atom. The van der Waals surface area contributed by atoms with E-state index < -0.39 is 0 Å². The highest BCUT2D eigenvalue weighted by atomic mass is 14.9. The molecule has 0 aliphatic carbocycles. The van der Waals surface area contributed by atoms with Gasteiger partial charge in [0, 0.05) is 12.1 Å². The van der Waals surface area contributed by atoms with Gasteiger partial charge in [-0.3, -0.25) is 0 Å². The summed E-state index contributed by atoms with van der Waals surface area (Å²) >= 11 is 0. The van der Waals surface area contributed by atoms with E-state index in [0.717, 1.165) is 5.92 Å². The molecule has 0 spiro atoms. The second-order valence-corrected chi connectivity index (χ2v) is 5.40. The van der Waals surface area contributed by atoms with Crippen LogP contribution in [0.5, 0.6) is 0 Å². The average Bonchev–Trinajstić information content (AvgIpc) is 2.29. The number of benzene rings is 1. The summed E-state index contributed by atoms with van der Waals surface area (Å²) in [4.78, 5) is 0. The Kier molecular flexibility index (Phi) is 5.70. The lowest BCUT2D eigenvalue weighted by Crippen LogP contribution is -2.30. The summed E-state index contributed by atoms with van der Waals surface area (Å²) in [6.45, 7) is 11.3. The number of hydrogen-bond donors (Lipinski definition) is 1. The zero-order valence-corrected chi connectivity index (χ0v) is 12.0. The van der Waals surface area contributed by atoms with Crippen LogP contribution >= 0.6 is 0 Å². The first-order valence-electron chi connectivity index (χ1n) is 6.86. The van der Waals surface area contributed by atoms with Gasteiger partial charge in [-0.15, -0.1) is 0 Å². The Labute approximate surface area is 107 Å². The van der Waals surface area contributed by atoms with Gasteiger partial charge >= 0.3 is 0 Å². The van der Waals surface area contributed by atoms with Crippen molar-refractivity contribution in [2.24, 2.45) is 5.92 Å². The van der Waals surface area contributed by atoms with Gasteiger partial charge in [-0.2, -0.15) is 0 Å². The van der Waals surface area contributed by atoms with Gasteiger partial charge in [0.15, 0.2) is 0 Å². The molecule has 0 heterocycles. The molecule has 0 saturated carbocycles. The standard InChI is InChI=1S/C16H27N/c1-6-12(2)11-14(4)17-15(5)16-10-8-7-9-13(16)3/h7-10,12,14-15,17H,6,11H2,1-5H3. The van der Waals surface area contributed by atoms with Crippen molar-refractivity contribution >= 4 is 0 Å². The van der Waals surface area contributed by atoms with Gasteiger partial charge in [-0.05, 0) is 44.2 Å². The topological polar surface area (TPSA) is 12.0 Å². The van der Waals surface area contributed by atoms with Crippen molar-refractivity contribution in [2.45, 2.75) is 59.5 Å². The van der Waals surface area contributed by atoms with Crippen LogP contribution in [-0.4, -0.2) is 6.04 Å². The average molecular weight is 233 g/mol. The number of hydrogen-bond acceptors (Lipinski definition) is 1. The molecule has 1 nitrogen and oxygen atoms in total. The van der Waals surface area contributed by atoms with Gasteiger partial charge in [-0.1, -0.05) is 44.5 Å². The fourth-order valence-electron chi connectivity index (χ4n) is 2.43. The molecule has 1 heteroatoms. The molecule has 0 aliphatic heterocycles. The Morgan fingerprint density at radius 1 is 1.12 bits per heavy atom. The van der Waals surface area contributed by atoms with Gasteiger partial charge in [0.1, 0.15) is 0 Å². The number of nitrogens with one attached hydrogen (secondary N) is 1. The first-order valence-corrected chi connectivity index (χ1v) is 6.86. The van der Waals surface area contributed by atoms with E-state index in [4.69, 9.17) is 0 Å². The molecule has 0 radical (unpaired) electrons. The van der Waals surface area contributed by atoms with Gasteiger partial charge in [-0.25, -0.2) is 0 Å². The molecular weight excluding hydrogens is 206 g/mol. The maximum absolute atomic E-state index is 3.70. The zero-order chi connectivity index (χ0) is 12.8. The summed E-state index contributed by atoms with van der Waals surface area (Å²) in [5.41, 5.74) is 2.80. The second kappa shape index (κ2) is 6.80. The maximum Gasteiger partial charge on any atom is 0.0296 e. The molecule has 17 heavy (non-hydrogen) atoms. The number of aryl methyl sites for hydroxylation is 1. The lowest BCUT2D eigenvalue weighted by Gasteiger charge is -2.23. The number of rotatable bonds is 6. The van der Waals surface area contributed by atoms with Crippen LogP contribution in [0.3, 0.4) is 0 Å². The summed E-state index contributed by atoms with van der Waals surface area (Å²) in [5.74, 6) is 0.807. The van der Waals surface area contributed by atoms with E-state index >= 15 is 0 Å². The largest absolute Gasteiger partial charge is 0.308 e. The Bertz CT molecular complexity index is 332.